The molecule has 0 saturated carbocycles. The van der Waals surface area contributed by atoms with Gasteiger partial charge in [0, 0.05) is 13.1 Å². The van der Waals surface area contributed by atoms with Gasteiger partial charge in [-0.25, -0.2) is 0 Å². The molecule has 1 fully saturated rings. The van der Waals surface area contributed by atoms with Crippen molar-refractivity contribution in [1.82, 2.24) is 10.2 Å². The first kappa shape index (κ1) is 17.6. The van der Waals surface area contributed by atoms with Crippen LogP contribution >= 0.6 is 24.0 Å². The third-order valence-electron chi connectivity index (χ3n) is 3.31. The lowest BCUT2D eigenvalue weighted by Gasteiger charge is -2.15. The molecule has 8 heteroatoms. The predicted molar refractivity (Wildman–Crippen MR) is 93.0 cm³/mol. The second kappa shape index (κ2) is 8.16. The van der Waals surface area contributed by atoms with Crippen LogP contribution in [0.15, 0.2) is 18.2 Å². The van der Waals surface area contributed by atoms with Crippen LogP contribution in [0.2, 0.25) is 0 Å². The van der Waals surface area contributed by atoms with Crippen molar-refractivity contribution >= 4 is 40.1 Å². The van der Waals surface area contributed by atoms with Crippen molar-refractivity contribution < 1.29 is 19.1 Å². The maximum absolute atomic E-state index is 12.0. The van der Waals surface area contributed by atoms with Crippen LogP contribution in [0.3, 0.4) is 0 Å². The third kappa shape index (κ3) is 4.59. The van der Waals surface area contributed by atoms with Crippen molar-refractivity contribution in [3.63, 3.8) is 0 Å². The number of methoxy groups -OCH3 is 2. The van der Waals surface area contributed by atoms with Crippen molar-refractivity contribution in [1.29, 1.82) is 0 Å². The van der Waals surface area contributed by atoms with Crippen LogP contribution in [0.4, 0.5) is 0 Å². The molecule has 23 heavy (non-hydrogen) atoms. The van der Waals surface area contributed by atoms with E-state index in [-0.39, 0.29) is 18.2 Å². The van der Waals surface area contributed by atoms with E-state index in [0.29, 0.717) is 34.7 Å². The maximum Gasteiger partial charge on any atom is 0.238 e. The van der Waals surface area contributed by atoms with Crippen molar-refractivity contribution in [3.8, 4) is 11.5 Å². The number of amides is 2. The van der Waals surface area contributed by atoms with E-state index in [1.165, 1.54) is 16.7 Å². The SMILES string of the molecule is COc1ccc(CC(=O)NCCN2C(=O)CSC2=S)cc1OC. The number of carbonyl (C=O) groups is 2. The molecule has 0 aromatic heterocycles. The van der Waals surface area contributed by atoms with E-state index in [4.69, 9.17) is 21.7 Å². The van der Waals surface area contributed by atoms with Gasteiger partial charge in [-0.3, -0.25) is 14.5 Å². The lowest BCUT2D eigenvalue weighted by Crippen LogP contribution is -2.37. The van der Waals surface area contributed by atoms with E-state index < -0.39 is 0 Å². The molecule has 1 aliphatic heterocycles. The molecule has 2 rings (SSSR count). The van der Waals surface area contributed by atoms with Gasteiger partial charge in [0.25, 0.3) is 0 Å². The highest BCUT2D eigenvalue weighted by atomic mass is 32.2. The first-order valence-corrected chi connectivity index (χ1v) is 8.39. The largest absolute Gasteiger partial charge is 0.493 e. The number of hydrogen-bond donors (Lipinski definition) is 1. The van der Waals surface area contributed by atoms with E-state index in [1.807, 2.05) is 6.07 Å². The Morgan fingerprint density at radius 3 is 2.70 bits per heavy atom. The molecular weight excluding hydrogens is 336 g/mol. The average molecular weight is 354 g/mol. The molecule has 124 valence electrons. The minimum atomic E-state index is -0.123. The van der Waals surface area contributed by atoms with Gasteiger partial charge >= 0.3 is 0 Å². The third-order valence-corrected chi connectivity index (χ3v) is 4.74. The van der Waals surface area contributed by atoms with Gasteiger partial charge in [-0.1, -0.05) is 30.0 Å². The second-order valence-corrected chi connectivity index (χ2v) is 6.43. The van der Waals surface area contributed by atoms with Gasteiger partial charge in [0.1, 0.15) is 4.32 Å². The minimum Gasteiger partial charge on any atom is -0.493 e. The number of rotatable bonds is 7. The lowest BCUT2D eigenvalue weighted by molar-refractivity contribution is -0.125. The van der Waals surface area contributed by atoms with Crippen LogP contribution in [-0.4, -0.2) is 54.1 Å². The summed E-state index contributed by atoms with van der Waals surface area (Å²) in [5.74, 6) is 1.47. The Labute approximate surface area is 144 Å². The zero-order chi connectivity index (χ0) is 16.8. The molecule has 0 atom stereocenters. The van der Waals surface area contributed by atoms with Gasteiger partial charge in [-0.2, -0.15) is 0 Å². The molecule has 0 unspecified atom stereocenters. The summed E-state index contributed by atoms with van der Waals surface area (Å²) in [5.41, 5.74) is 0.823. The summed E-state index contributed by atoms with van der Waals surface area (Å²) in [6.07, 6.45) is 0.230. The Morgan fingerprint density at radius 1 is 1.35 bits per heavy atom. The fraction of sp³-hybridized carbons (Fsp3) is 0.400. The fourth-order valence-electron chi connectivity index (χ4n) is 2.14. The smallest absolute Gasteiger partial charge is 0.238 e. The van der Waals surface area contributed by atoms with E-state index in [9.17, 15) is 9.59 Å². The summed E-state index contributed by atoms with van der Waals surface area (Å²) in [4.78, 5) is 25.1. The highest BCUT2D eigenvalue weighted by Crippen LogP contribution is 2.27. The van der Waals surface area contributed by atoms with E-state index in [1.54, 1.807) is 26.4 Å². The average Bonchev–Trinajstić information content (AvgIpc) is 2.86. The van der Waals surface area contributed by atoms with Crippen molar-refractivity contribution in [2.45, 2.75) is 6.42 Å². The first-order valence-electron chi connectivity index (χ1n) is 7.00. The lowest BCUT2D eigenvalue weighted by atomic mass is 10.1. The van der Waals surface area contributed by atoms with E-state index in [0.717, 1.165) is 5.56 Å². The van der Waals surface area contributed by atoms with Gasteiger partial charge in [-0.15, -0.1) is 0 Å². The molecule has 1 N–H and O–H groups in total. The maximum atomic E-state index is 12.0. The first-order chi connectivity index (χ1) is 11.0. The molecule has 1 heterocycles. The minimum absolute atomic E-state index is 0.00543. The molecule has 1 aliphatic rings. The van der Waals surface area contributed by atoms with Gasteiger partial charge in [0.2, 0.25) is 11.8 Å². The highest BCUT2D eigenvalue weighted by molar-refractivity contribution is 8.23. The summed E-state index contributed by atoms with van der Waals surface area (Å²) < 4.78 is 10.9. The molecule has 1 aromatic rings. The Hall–Kier alpha value is -1.80. The zero-order valence-electron chi connectivity index (χ0n) is 13.0. The molecule has 1 saturated heterocycles. The van der Waals surface area contributed by atoms with Gasteiger partial charge in [0.05, 0.1) is 26.4 Å². The van der Waals surface area contributed by atoms with Crippen LogP contribution in [0.25, 0.3) is 0 Å². The molecule has 6 nitrogen and oxygen atoms in total. The van der Waals surface area contributed by atoms with E-state index >= 15 is 0 Å². The number of benzene rings is 1. The number of nitrogens with zero attached hydrogens (tertiary/aromatic N) is 1. The van der Waals surface area contributed by atoms with Crippen LogP contribution in [0.1, 0.15) is 5.56 Å². The number of nitrogens with one attached hydrogen (secondary N) is 1. The summed E-state index contributed by atoms with van der Waals surface area (Å²) in [7, 11) is 3.11. The number of thiocarbonyl (C=S) groups is 1. The normalized spacial score (nSPS) is 14.1. The molecule has 0 aliphatic carbocycles. The van der Waals surface area contributed by atoms with Crippen molar-refractivity contribution in [3.05, 3.63) is 23.8 Å². The second-order valence-electron chi connectivity index (χ2n) is 4.82. The monoisotopic (exact) mass is 354 g/mol. The molecule has 0 bridgehead atoms. The number of hydrogen-bond acceptors (Lipinski definition) is 6. The van der Waals surface area contributed by atoms with Crippen LogP contribution in [0.5, 0.6) is 11.5 Å². The molecular formula is C15H18N2O4S2. The van der Waals surface area contributed by atoms with Crippen LogP contribution < -0.4 is 14.8 Å². The van der Waals surface area contributed by atoms with Gasteiger partial charge in [0.15, 0.2) is 11.5 Å². The van der Waals surface area contributed by atoms with E-state index in [2.05, 4.69) is 5.32 Å². The molecule has 1 aromatic carbocycles. The Morgan fingerprint density at radius 2 is 2.09 bits per heavy atom. The number of thioether (sulfide) groups is 1. The standard InChI is InChI=1S/C15H18N2O4S2/c1-20-11-4-3-10(7-12(11)21-2)8-13(18)16-5-6-17-14(19)9-23-15(17)22/h3-4,7H,5-6,8-9H2,1-2H3,(H,16,18). The Balaban J connectivity index is 1.83. The zero-order valence-corrected chi connectivity index (χ0v) is 14.6. The summed E-state index contributed by atoms with van der Waals surface area (Å²) in [5, 5.41) is 2.79. The summed E-state index contributed by atoms with van der Waals surface area (Å²) in [6.45, 7) is 0.779. The Bertz CT molecular complexity index is 605. The summed E-state index contributed by atoms with van der Waals surface area (Å²) >= 11 is 6.43. The predicted octanol–water partition coefficient (Wildman–Crippen LogP) is 1.22. The number of ether oxygens (including phenoxy) is 2. The van der Waals surface area contributed by atoms with Crippen LogP contribution in [-0.2, 0) is 16.0 Å². The topological polar surface area (TPSA) is 67.9 Å². The van der Waals surface area contributed by atoms with Crippen LogP contribution in [0, 0.1) is 0 Å². The molecule has 0 radical (unpaired) electrons. The molecule has 0 spiro atoms. The van der Waals surface area contributed by atoms with Gasteiger partial charge < -0.3 is 14.8 Å². The quantitative estimate of drug-likeness (QED) is 0.743. The number of carbonyl (C=O) groups excluding carboxylic acids is 2. The fourth-order valence-corrected chi connectivity index (χ4v) is 3.26. The molecule has 2 amide bonds. The van der Waals surface area contributed by atoms with Gasteiger partial charge in [-0.05, 0) is 17.7 Å². The van der Waals surface area contributed by atoms with Crippen molar-refractivity contribution in [2.75, 3.05) is 33.1 Å². The Kier molecular flexibility index (Phi) is 6.23. The highest BCUT2D eigenvalue weighted by Gasteiger charge is 2.25. The summed E-state index contributed by atoms with van der Waals surface area (Å²) in [6, 6.07) is 5.35. The van der Waals surface area contributed by atoms with Crippen molar-refractivity contribution in [2.24, 2.45) is 0 Å².